The van der Waals surface area contributed by atoms with Gasteiger partial charge in [0.1, 0.15) is 11.6 Å². The molecule has 0 atom stereocenters. The molecule has 12 rings (SSSR count). The Hall–Kier alpha value is -7.01. The number of rotatable bonds is 9. The molecule has 7 nitrogen and oxygen atoms in total. The van der Waals surface area contributed by atoms with E-state index in [-0.39, 0.29) is 17.0 Å². The summed E-state index contributed by atoms with van der Waals surface area (Å²) in [4.78, 5) is 4.31. The molecule has 370 valence electrons. The van der Waals surface area contributed by atoms with Crippen LogP contribution in [0.4, 0.5) is 42.9 Å². The Morgan fingerprint density at radius 1 is 0.378 bits per heavy atom. The van der Waals surface area contributed by atoms with Gasteiger partial charge in [0.15, 0.2) is 0 Å². The topological polar surface area (TPSA) is 48.3 Å². The third-order valence-electron chi connectivity index (χ3n) is 16.6. The Morgan fingerprint density at radius 3 is 1.16 bits per heavy atom. The molecule has 0 radical (unpaired) electrons. The standard InChI is InChI=1S/C63H59B2F2N3O4/c1-59(2)55-14-12-11-13-51(55)52-34-31-50(39-56(52)59)70-57-35-32-48(68(46-27-19-42(66)20-28-46)44-23-15-40(16-24-44)64-71-60(3,4)61(5,6)72-64)37-53(57)54-38-49(33-36-58(54)70)69(47-29-21-43(67)22-30-47)45-25-17-41(18-26-45)65-73-62(7,8)63(9,10)74-65/h11-39H,1-10H3. The number of halogens is 2. The molecule has 0 N–H and O–H groups in total. The van der Waals surface area contributed by atoms with Crippen molar-refractivity contribution >= 4 is 81.1 Å². The quantitative estimate of drug-likeness (QED) is 0.134. The van der Waals surface area contributed by atoms with E-state index in [1.807, 2.05) is 48.5 Å². The molecule has 1 aromatic heterocycles. The highest BCUT2D eigenvalue weighted by Gasteiger charge is 2.53. The van der Waals surface area contributed by atoms with Crippen LogP contribution < -0.4 is 20.7 Å². The number of hydrogen-bond acceptors (Lipinski definition) is 6. The predicted octanol–water partition coefficient (Wildman–Crippen LogP) is 14.9. The maximum atomic E-state index is 14.7. The van der Waals surface area contributed by atoms with E-state index >= 15 is 0 Å². The van der Waals surface area contributed by atoms with Crippen molar-refractivity contribution in [1.29, 1.82) is 0 Å². The SMILES string of the molecule is CC1(C)c2ccccc2-c2ccc(-n3c4ccc(N(c5ccc(F)cc5)c5ccc(B6OC(C)(C)C(C)(C)O6)cc5)cc4c4cc(N(c5ccc(F)cc5)c5ccc(B6OC(C)(C)C(C)(C)O6)cc5)ccc43)cc21. The number of aromatic nitrogens is 1. The van der Waals surface area contributed by atoms with E-state index in [1.165, 1.54) is 46.5 Å². The molecule has 0 amide bonds. The van der Waals surface area contributed by atoms with Gasteiger partial charge >= 0.3 is 14.2 Å². The summed E-state index contributed by atoms with van der Waals surface area (Å²) in [6.45, 7) is 21.1. The summed E-state index contributed by atoms with van der Waals surface area (Å²) >= 11 is 0. The molecular formula is C63H59B2F2N3O4. The van der Waals surface area contributed by atoms with Gasteiger partial charge in [0, 0.05) is 56.0 Å². The molecule has 9 aromatic rings. The minimum absolute atomic E-state index is 0.206. The van der Waals surface area contributed by atoms with Crippen LogP contribution in [0.1, 0.15) is 80.4 Å². The smallest absolute Gasteiger partial charge is 0.399 e. The van der Waals surface area contributed by atoms with Gasteiger partial charge in [-0.15, -0.1) is 0 Å². The van der Waals surface area contributed by atoms with Gasteiger partial charge in [-0.2, -0.15) is 0 Å². The molecular weight excluding hydrogens is 922 g/mol. The first kappa shape index (κ1) is 48.0. The van der Waals surface area contributed by atoms with Gasteiger partial charge in [-0.1, -0.05) is 68.4 Å². The van der Waals surface area contributed by atoms with Gasteiger partial charge < -0.3 is 33.0 Å². The lowest BCUT2D eigenvalue weighted by molar-refractivity contribution is 0.00578. The minimum atomic E-state index is -0.522. The van der Waals surface area contributed by atoms with Crippen molar-refractivity contribution in [2.45, 2.75) is 97.1 Å². The summed E-state index contributed by atoms with van der Waals surface area (Å²) in [6.07, 6.45) is 0. The Balaban J connectivity index is 1.03. The van der Waals surface area contributed by atoms with Crippen LogP contribution in [-0.4, -0.2) is 41.2 Å². The lowest BCUT2D eigenvalue weighted by atomic mass is 9.79. The number of anilines is 6. The number of benzene rings is 8. The Bertz CT molecular complexity index is 3430. The molecule has 2 fully saturated rings. The molecule has 1 aliphatic carbocycles. The molecule has 8 aromatic carbocycles. The predicted molar refractivity (Wildman–Crippen MR) is 299 cm³/mol. The highest BCUT2D eigenvalue weighted by atomic mass is 19.1. The van der Waals surface area contributed by atoms with Gasteiger partial charge in [0.25, 0.3) is 0 Å². The monoisotopic (exact) mass is 981 g/mol. The minimum Gasteiger partial charge on any atom is -0.399 e. The summed E-state index contributed by atoms with van der Waals surface area (Å²) in [5.41, 5.74) is 13.0. The second-order valence-corrected chi connectivity index (χ2v) is 22.6. The molecule has 0 unspecified atom stereocenters. The van der Waals surface area contributed by atoms with Crippen LogP contribution in [0.15, 0.2) is 176 Å². The number of hydrogen-bond donors (Lipinski definition) is 0. The molecule has 2 saturated heterocycles. The molecule has 2 aliphatic heterocycles. The molecule has 0 bridgehead atoms. The normalized spacial score (nSPS) is 17.7. The van der Waals surface area contributed by atoms with Crippen LogP contribution in [0, 0.1) is 11.6 Å². The maximum absolute atomic E-state index is 14.7. The largest absolute Gasteiger partial charge is 0.494 e. The molecule has 11 heteroatoms. The van der Waals surface area contributed by atoms with Crippen LogP contribution in [0.2, 0.25) is 0 Å². The Labute approximate surface area is 433 Å². The Morgan fingerprint density at radius 2 is 0.743 bits per heavy atom. The van der Waals surface area contributed by atoms with E-state index < -0.39 is 36.6 Å². The zero-order chi connectivity index (χ0) is 51.7. The highest BCUT2D eigenvalue weighted by molar-refractivity contribution is 6.62. The molecule has 74 heavy (non-hydrogen) atoms. The maximum Gasteiger partial charge on any atom is 0.494 e. The van der Waals surface area contributed by atoms with E-state index in [4.69, 9.17) is 18.6 Å². The van der Waals surface area contributed by atoms with Crippen molar-refractivity contribution in [2.24, 2.45) is 0 Å². The van der Waals surface area contributed by atoms with Gasteiger partial charge in [-0.05, 0) is 210 Å². The van der Waals surface area contributed by atoms with E-state index in [1.54, 1.807) is 0 Å². The lowest BCUT2D eigenvalue weighted by Crippen LogP contribution is -2.41. The van der Waals surface area contributed by atoms with Gasteiger partial charge in [-0.25, -0.2) is 8.78 Å². The van der Waals surface area contributed by atoms with Crippen molar-refractivity contribution in [2.75, 3.05) is 9.80 Å². The van der Waals surface area contributed by atoms with Crippen LogP contribution in [-0.2, 0) is 24.0 Å². The van der Waals surface area contributed by atoms with Crippen molar-refractivity contribution < 1.29 is 27.4 Å². The third kappa shape index (κ3) is 7.78. The van der Waals surface area contributed by atoms with Gasteiger partial charge in [0.05, 0.1) is 33.4 Å². The second kappa shape index (κ2) is 17.0. The van der Waals surface area contributed by atoms with E-state index in [0.29, 0.717) is 0 Å². The van der Waals surface area contributed by atoms with Gasteiger partial charge in [0.2, 0.25) is 0 Å². The average molecular weight is 982 g/mol. The summed E-state index contributed by atoms with van der Waals surface area (Å²) in [5, 5.41) is 2.03. The van der Waals surface area contributed by atoms with Crippen molar-refractivity contribution in [1.82, 2.24) is 4.57 Å². The van der Waals surface area contributed by atoms with Crippen LogP contribution in [0.5, 0.6) is 0 Å². The van der Waals surface area contributed by atoms with Crippen LogP contribution in [0.25, 0.3) is 38.6 Å². The zero-order valence-electron chi connectivity index (χ0n) is 43.6. The lowest BCUT2D eigenvalue weighted by Gasteiger charge is -2.32. The van der Waals surface area contributed by atoms with Crippen molar-refractivity contribution in [3.8, 4) is 16.8 Å². The van der Waals surface area contributed by atoms with Crippen LogP contribution in [0.3, 0.4) is 0 Å². The Kier molecular flexibility index (Phi) is 11.0. The first-order chi connectivity index (χ1) is 35.2. The van der Waals surface area contributed by atoms with Crippen molar-refractivity contribution in [3.63, 3.8) is 0 Å². The fourth-order valence-corrected chi connectivity index (χ4v) is 11.0. The summed E-state index contributed by atoms with van der Waals surface area (Å²) in [7, 11) is -1.04. The molecule has 0 spiro atoms. The zero-order valence-corrected chi connectivity index (χ0v) is 43.6. The molecule has 3 aliphatic rings. The van der Waals surface area contributed by atoms with E-state index in [0.717, 1.165) is 72.5 Å². The first-order valence-corrected chi connectivity index (χ1v) is 25.6. The molecule has 0 saturated carbocycles. The van der Waals surface area contributed by atoms with Crippen LogP contribution >= 0.6 is 0 Å². The average Bonchev–Trinajstić information content (AvgIpc) is 3.99. The number of fused-ring (bicyclic) bond motifs is 6. The van der Waals surface area contributed by atoms with Gasteiger partial charge in [-0.3, -0.25) is 0 Å². The third-order valence-corrected chi connectivity index (χ3v) is 16.6. The summed E-state index contributed by atoms with van der Waals surface area (Å²) < 4.78 is 57.5. The number of nitrogens with zero attached hydrogens (tertiary/aromatic N) is 3. The summed E-state index contributed by atoms with van der Waals surface area (Å²) in [5.74, 6) is -0.630. The highest BCUT2D eigenvalue weighted by Crippen LogP contribution is 2.50. The summed E-state index contributed by atoms with van der Waals surface area (Å²) in [6, 6.07) is 58.4. The van der Waals surface area contributed by atoms with Crippen molar-refractivity contribution in [3.05, 3.63) is 199 Å². The first-order valence-electron chi connectivity index (χ1n) is 25.6. The van der Waals surface area contributed by atoms with E-state index in [9.17, 15) is 8.78 Å². The fraction of sp³-hybridized carbons (Fsp3) is 0.238. The molecule has 3 heterocycles. The second-order valence-electron chi connectivity index (χ2n) is 22.6. The fourth-order valence-electron chi connectivity index (χ4n) is 11.0. The van der Waals surface area contributed by atoms with E-state index in [2.05, 4.69) is 187 Å².